The lowest BCUT2D eigenvalue weighted by molar-refractivity contribution is 0.0125. The number of hydrogen-bond acceptors (Lipinski definition) is 1. The molecular weight excluding hydrogens is 159 g/mol. The van der Waals surface area contributed by atoms with E-state index in [0.29, 0.717) is 5.41 Å². The first-order valence-electron chi connectivity index (χ1n) is 5.41. The van der Waals surface area contributed by atoms with Gasteiger partial charge >= 0.3 is 0 Å². The zero-order valence-electron chi connectivity index (χ0n) is 10.2. The Hall–Kier alpha value is 0.0249. The second-order valence-corrected chi connectivity index (χ2v) is 5.67. The van der Waals surface area contributed by atoms with Gasteiger partial charge in [-0.2, -0.15) is 0 Å². The third-order valence-corrected chi connectivity index (χ3v) is 2.20. The van der Waals surface area contributed by atoms with Gasteiger partial charge in [0.05, 0.1) is 0 Å². The fraction of sp³-hybridized carbons (Fsp3) is 1.00. The highest BCUT2D eigenvalue weighted by Crippen LogP contribution is 2.20. The highest BCUT2D eigenvalue weighted by molar-refractivity contribution is 6.14. The number of rotatable bonds is 5. The van der Waals surface area contributed by atoms with Gasteiger partial charge in [0.1, 0.15) is 7.85 Å². The van der Waals surface area contributed by atoms with E-state index in [1.807, 2.05) is 0 Å². The molecule has 0 bridgehead atoms. The molecule has 0 aliphatic carbocycles. The van der Waals surface area contributed by atoms with Gasteiger partial charge in [0.15, 0.2) is 0 Å². The zero-order valence-corrected chi connectivity index (χ0v) is 10.2. The summed E-state index contributed by atoms with van der Waals surface area (Å²) in [6, 6.07) is 0. The maximum atomic E-state index is 5.85. The molecular formula is C11H25BO. The normalized spacial score (nSPS) is 17.0. The summed E-state index contributed by atoms with van der Waals surface area (Å²) in [4.78, 5) is 0. The summed E-state index contributed by atoms with van der Waals surface area (Å²) in [7, 11) is 2.18. The Bertz CT molecular complexity index is 136. The van der Waals surface area contributed by atoms with E-state index in [4.69, 9.17) is 4.74 Å². The number of hydrogen-bond donors (Lipinski definition) is 0. The molecule has 0 radical (unpaired) electrons. The summed E-state index contributed by atoms with van der Waals surface area (Å²) in [5.41, 5.74) is 0.461. The van der Waals surface area contributed by atoms with Crippen molar-refractivity contribution in [2.45, 2.75) is 59.4 Å². The Morgan fingerprint density at radius 3 is 2.00 bits per heavy atom. The highest BCUT2D eigenvalue weighted by Gasteiger charge is 2.18. The van der Waals surface area contributed by atoms with Crippen molar-refractivity contribution in [1.29, 1.82) is 0 Å². The van der Waals surface area contributed by atoms with Crippen LogP contribution < -0.4 is 0 Å². The van der Waals surface area contributed by atoms with Gasteiger partial charge in [0, 0.05) is 12.1 Å². The summed E-state index contributed by atoms with van der Waals surface area (Å²) < 4.78 is 5.85. The standard InChI is InChI=1S/C11H25BO/c1-6-7-11(5,12)13-9-8-10(2,3)4/h6-9,12H2,1-5H3. The molecule has 0 saturated heterocycles. The van der Waals surface area contributed by atoms with Crippen molar-refractivity contribution in [3.8, 4) is 0 Å². The molecule has 0 aromatic heterocycles. The Kier molecular flexibility index (Phi) is 5.05. The Labute approximate surface area is 84.7 Å². The average Bonchev–Trinajstić information content (AvgIpc) is 1.82. The second-order valence-electron chi connectivity index (χ2n) is 5.67. The summed E-state index contributed by atoms with van der Waals surface area (Å²) in [5, 5.41) is 0. The number of ether oxygens (including phenoxy) is 1. The lowest BCUT2D eigenvalue weighted by atomic mass is 9.79. The fourth-order valence-electron chi connectivity index (χ4n) is 1.31. The minimum atomic E-state index is 0.0694. The van der Waals surface area contributed by atoms with Crippen LogP contribution in [0, 0.1) is 5.41 Å². The second kappa shape index (κ2) is 5.04. The van der Waals surface area contributed by atoms with Crippen LogP contribution in [0.15, 0.2) is 0 Å². The SMILES string of the molecule is BC(C)(CCC)OCCC(C)(C)C. The van der Waals surface area contributed by atoms with E-state index in [-0.39, 0.29) is 5.50 Å². The Morgan fingerprint density at radius 1 is 1.08 bits per heavy atom. The van der Waals surface area contributed by atoms with Crippen molar-refractivity contribution in [2.75, 3.05) is 6.61 Å². The van der Waals surface area contributed by atoms with Gasteiger partial charge in [-0.3, -0.25) is 0 Å². The van der Waals surface area contributed by atoms with Gasteiger partial charge in [-0.25, -0.2) is 0 Å². The van der Waals surface area contributed by atoms with Crippen molar-refractivity contribution in [1.82, 2.24) is 0 Å². The van der Waals surface area contributed by atoms with Crippen molar-refractivity contribution in [3.63, 3.8) is 0 Å². The summed E-state index contributed by atoms with van der Waals surface area (Å²) in [6.45, 7) is 12.0. The topological polar surface area (TPSA) is 9.23 Å². The molecule has 0 rings (SSSR count). The molecule has 0 fully saturated rings. The molecule has 0 aliphatic heterocycles. The van der Waals surface area contributed by atoms with E-state index >= 15 is 0 Å². The lowest BCUT2D eigenvalue weighted by Crippen LogP contribution is -2.30. The van der Waals surface area contributed by atoms with Crippen LogP contribution in [0.1, 0.15) is 53.9 Å². The molecule has 13 heavy (non-hydrogen) atoms. The molecule has 2 heteroatoms. The molecule has 0 heterocycles. The van der Waals surface area contributed by atoms with Crippen LogP contribution in [-0.2, 0) is 4.74 Å². The summed E-state index contributed by atoms with van der Waals surface area (Å²) in [5.74, 6) is 0. The molecule has 1 nitrogen and oxygen atoms in total. The van der Waals surface area contributed by atoms with Gasteiger partial charge in [0.25, 0.3) is 0 Å². The largest absolute Gasteiger partial charge is 0.384 e. The molecule has 0 N–H and O–H groups in total. The maximum Gasteiger partial charge on any atom is 0.142 e. The first kappa shape index (κ1) is 13.0. The van der Waals surface area contributed by atoms with Gasteiger partial charge in [-0.05, 0) is 25.2 Å². The monoisotopic (exact) mass is 184 g/mol. The van der Waals surface area contributed by atoms with Gasteiger partial charge in [-0.15, -0.1) is 0 Å². The third-order valence-electron chi connectivity index (χ3n) is 2.20. The Balaban J connectivity index is 3.63. The van der Waals surface area contributed by atoms with E-state index in [1.54, 1.807) is 0 Å². The van der Waals surface area contributed by atoms with Crippen molar-refractivity contribution >= 4 is 7.85 Å². The van der Waals surface area contributed by atoms with Crippen molar-refractivity contribution in [3.05, 3.63) is 0 Å². The van der Waals surface area contributed by atoms with Crippen LogP contribution in [0.4, 0.5) is 0 Å². The molecule has 0 aromatic carbocycles. The van der Waals surface area contributed by atoms with Crippen molar-refractivity contribution in [2.24, 2.45) is 5.41 Å². The average molecular weight is 184 g/mol. The van der Waals surface area contributed by atoms with E-state index in [9.17, 15) is 0 Å². The van der Waals surface area contributed by atoms with Gasteiger partial charge in [0.2, 0.25) is 0 Å². The zero-order chi connectivity index (χ0) is 10.5. The molecule has 0 saturated carbocycles. The van der Waals surface area contributed by atoms with E-state index in [0.717, 1.165) is 19.4 Å². The van der Waals surface area contributed by atoms with Gasteiger partial charge < -0.3 is 4.74 Å². The maximum absolute atomic E-state index is 5.85. The van der Waals surface area contributed by atoms with Gasteiger partial charge in [-0.1, -0.05) is 34.1 Å². The Morgan fingerprint density at radius 2 is 1.62 bits per heavy atom. The molecule has 0 aromatic rings. The first-order valence-corrected chi connectivity index (χ1v) is 5.41. The summed E-state index contributed by atoms with van der Waals surface area (Å²) in [6.07, 6.45) is 3.49. The van der Waals surface area contributed by atoms with Crippen LogP contribution in [0.2, 0.25) is 0 Å². The summed E-state index contributed by atoms with van der Waals surface area (Å²) >= 11 is 0. The van der Waals surface area contributed by atoms with Crippen LogP contribution in [-0.4, -0.2) is 20.0 Å². The van der Waals surface area contributed by atoms with Crippen LogP contribution >= 0.6 is 0 Å². The molecule has 1 unspecified atom stereocenters. The first-order chi connectivity index (χ1) is 5.77. The minimum absolute atomic E-state index is 0.0694. The predicted octanol–water partition coefficient (Wildman–Crippen LogP) is 2.59. The van der Waals surface area contributed by atoms with Crippen LogP contribution in [0.25, 0.3) is 0 Å². The smallest absolute Gasteiger partial charge is 0.142 e. The quantitative estimate of drug-likeness (QED) is 0.596. The highest BCUT2D eigenvalue weighted by atomic mass is 16.5. The van der Waals surface area contributed by atoms with Crippen LogP contribution in [0.3, 0.4) is 0 Å². The third kappa shape index (κ3) is 8.36. The van der Waals surface area contributed by atoms with Crippen LogP contribution in [0.5, 0.6) is 0 Å². The molecule has 0 aliphatic rings. The lowest BCUT2D eigenvalue weighted by Gasteiger charge is -2.27. The van der Waals surface area contributed by atoms with E-state index < -0.39 is 0 Å². The van der Waals surface area contributed by atoms with Crippen molar-refractivity contribution < 1.29 is 4.74 Å². The molecule has 78 valence electrons. The van der Waals surface area contributed by atoms with E-state index in [2.05, 4.69) is 42.5 Å². The van der Waals surface area contributed by atoms with E-state index in [1.165, 1.54) is 6.42 Å². The minimum Gasteiger partial charge on any atom is -0.384 e. The molecule has 1 atom stereocenters. The predicted molar refractivity (Wildman–Crippen MR) is 61.9 cm³/mol. The molecule has 0 amide bonds. The molecule has 0 spiro atoms. The fourth-order valence-corrected chi connectivity index (χ4v) is 1.31.